The molecule has 0 aromatic carbocycles. The SMILES string of the molecule is CCN(CC)S(=O)(=O)c1ccc(CNC(=O)C2CC(F)(F)CN2)s1.Cl. The molecule has 1 fully saturated rings. The molecule has 11 heteroatoms. The van der Waals surface area contributed by atoms with Gasteiger partial charge in [0, 0.05) is 24.4 Å². The highest BCUT2D eigenvalue weighted by molar-refractivity contribution is 7.91. The van der Waals surface area contributed by atoms with E-state index in [4.69, 9.17) is 0 Å². The van der Waals surface area contributed by atoms with Crippen molar-refractivity contribution in [3.05, 3.63) is 17.0 Å². The molecule has 0 saturated carbocycles. The van der Waals surface area contributed by atoms with Crippen LogP contribution in [0.25, 0.3) is 0 Å². The molecule has 1 aromatic rings. The van der Waals surface area contributed by atoms with Gasteiger partial charge in [0.05, 0.1) is 19.1 Å². The van der Waals surface area contributed by atoms with Gasteiger partial charge < -0.3 is 5.32 Å². The molecule has 0 radical (unpaired) electrons. The smallest absolute Gasteiger partial charge is 0.262 e. The molecule has 144 valence electrons. The summed E-state index contributed by atoms with van der Waals surface area (Å²) in [7, 11) is -3.52. The van der Waals surface area contributed by atoms with Gasteiger partial charge in [-0.05, 0) is 12.1 Å². The zero-order valence-corrected chi connectivity index (χ0v) is 16.4. The maximum Gasteiger partial charge on any atom is 0.262 e. The molecular formula is C14H22ClF2N3O3S2. The molecule has 6 nitrogen and oxygen atoms in total. The van der Waals surface area contributed by atoms with E-state index in [1.807, 2.05) is 0 Å². The summed E-state index contributed by atoms with van der Waals surface area (Å²) in [6.07, 6.45) is -0.523. The van der Waals surface area contributed by atoms with Crippen molar-refractivity contribution in [2.75, 3.05) is 19.6 Å². The third-order valence-corrected chi connectivity index (χ3v) is 7.40. The highest BCUT2D eigenvalue weighted by Crippen LogP contribution is 2.26. The Morgan fingerprint density at radius 3 is 2.56 bits per heavy atom. The largest absolute Gasteiger partial charge is 0.350 e. The molecule has 1 atom stereocenters. The maximum absolute atomic E-state index is 13.1. The van der Waals surface area contributed by atoms with E-state index in [1.54, 1.807) is 19.9 Å². The van der Waals surface area contributed by atoms with Crippen molar-refractivity contribution in [3.8, 4) is 0 Å². The summed E-state index contributed by atoms with van der Waals surface area (Å²) in [5, 5.41) is 5.05. The first-order valence-electron chi connectivity index (χ1n) is 7.67. The number of carbonyl (C=O) groups is 1. The van der Waals surface area contributed by atoms with E-state index >= 15 is 0 Å². The highest BCUT2D eigenvalue weighted by Gasteiger charge is 2.42. The molecule has 1 aliphatic rings. The fraction of sp³-hybridized carbons (Fsp3) is 0.643. The number of rotatable bonds is 7. The van der Waals surface area contributed by atoms with Crippen LogP contribution >= 0.6 is 23.7 Å². The predicted octanol–water partition coefficient (Wildman–Crippen LogP) is 1.81. The molecule has 2 N–H and O–H groups in total. The molecule has 0 bridgehead atoms. The standard InChI is InChI=1S/C14H21F2N3O3S2.ClH/c1-3-19(4-2)24(21,22)12-6-5-10(23-12)8-17-13(20)11-7-14(15,16)9-18-11;/h5-6,11,18H,3-4,7-9H2,1-2H3,(H,17,20);1H. The van der Waals surface area contributed by atoms with Gasteiger partial charge >= 0.3 is 0 Å². The van der Waals surface area contributed by atoms with Crippen LogP contribution in [0.3, 0.4) is 0 Å². The topological polar surface area (TPSA) is 78.5 Å². The summed E-state index contributed by atoms with van der Waals surface area (Å²) in [6, 6.07) is 2.21. The number of thiophene rings is 1. The first kappa shape index (κ1) is 22.2. The normalized spacial score (nSPS) is 19.6. The van der Waals surface area contributed by atoms with E-state index in [1.165, 1.54) is 10.4 Å². The van der Waals surface area contributed by atoms with Crippen LogP contribution in [-0.4, -0.2) is 50.2 Å². The van der Waals surface area contributed by atoms with Gasteiger partial charge in [-0.2, -0.15) is 4.31 Å². The maximum atomic E-state index is 13.1. The Hall–Kier alpha value is -0.810. The van der Waals surface area contributed by atoms with Gasteiger partial charge in [-0.15, -0.1) is 23.7 Å². The van der Waals surface area contributed by atoms with Crippen molar-refractivity contribution < 1.29 is 22.0 Å². The lowest BCUT2D eigenvalue weighted by molar-refractivity contribution is -0.123. The highest BCUT2D eigenvalue weighted by atomic mass is 35.5. The summed E-state index contributed by atoms with van der Waals surface area (Å²) >= 11 is 1.07. The van der Waals surface area contributed by atoms with Crippen molar-refractivity contribution in [3.63, 3.8) is 0 Å². The first-order chi connectivity index (χ1) is 11.2. The number of carbonyl (C=O) groups excluding carboxylic acids is 1. The lowest BCUT2D eigenvalue weighted by Gasteiger charge is -2.16. The van der Waals surface area contributed by atoms with Gasteiger partial charge in [0.25, 0.3) is 15.9 Å². The van der Waals surface area contributed by atoms with Gasteiger partial charge in [-0.3, -0.25) is 10.1 Å². The van der Waals surface area contributed by atoms with E-state index in [-0.39, 0.29) is 23.2 Å². The Kier molecular flexibility index (Phi) is 7.75. The molecule has 2 heterocycles. The monoisotopic (exact) mass is 417 g/mol. The second-order valence-electron chi connectivity index (χ2n) is 5.52. The minimum absolute atomic E-state index is 0. The second-order valence-corrected chi connectivity index (χ2v) is 8.85. The Morgan fingerprint density at radius 1 is 1.40 bits per heavy atom. The van der Waals surface area contributed by atoms with E-state index in [0.717, 1.165) is 11.3 Å². The zero-order valence-electron chi connectivity index (χ0n) is 13.9. The number of amides is 1. The molecule has 1 aliphatic heterocycles. The van der Waals surface area contributed by atoms with Gasteiger partial charge in [-0.1, -0.05) is 13.8 Å². The van der Waals surface area contributed by atoms with E-state index in [9.17, 15) is 22.0 Å². The minimum Gasteiger partial charge on any atom is -0.350 e. The predicted molar refractivity (Wildman–Crippen MR) is 94.9 cm³/mol. The summed E-state index contributed by atoms with van der Waals surface area (Å²) < 4.78 is 52.5. The van der Waals surface area contributed by atoms with Crippen LogP contribution in [-0.2, 0) is 21.4 Å². The van der Waals surface area contributed by atoms with E-state index in [2.05, 4.69) is 10.6 Å². The van der Waals surface area contributed by atoms with Crippen molar-refractivity contribution in [2.24, 2.45) is 0 Å². The molecule has 1 amide bonds. The molecule has 2 rings (SSSR count). The van der Waals surface area contributed by atoms with Gasteiger partial charge in [-0.25, -0.2) is 17.2 Å². The van der Waals surface area contributed by atoms with Gasteiger partial charge in [0.1, 0.15) is 4.21 Å². The van der Waals surface area contributed by atoms with Crippen LogP contribution in [0, 0.1) is 0 Å². The van der Waals surface area contributed by atoms with Crippen molar-refractivity contribution >= 4 is 39.7 Å². The quantitative estimate of drug-likeness (QED) is 0.709. The van der Waals surface area contributed by atoms with E-state index < -0.39 is 40.9 Å². The summed E-state index contributed by atoms with van der Waals surface area (Å²) in [4.78, 5) is 12.5. The fourth-order valence-corrected chi connectivity index (χ4v) is 5.39. The third kappa shape index (κ3) is 5.33. The lowest BCUT2D eigenvalue weighted by atomic mass is 10.2. The number of nitrogens with one attached hydrogen (secondary N) is 2. The van der Waals surface area contributed by atoms with Crippen LogP contribution in [0.5, 0.6) is 0 Å². The zero-order chi connectivity index (χ0) is 18.0. The van der Waals surface area contributed by atoms with Crippen LogP contribution in [0.2, 0.25) is 0 Å². The van der Waals surface area contributed by atoms with Crippen LogP contribution in [0.15, 0.2) is 16.3 Å². The van der Waals surface area contributed by atoms with Crippen LogP contribution in [0.1, 0.15) is 25.1 Å². The number of sulfonamides is 1. The van der Waals surface area contributed by atoms with Gasteiger partial charge in [0.15, 0.2) is 0 Å². The first-order valence-corrected chi connectivity index (χ1v) is 9.93. The Labute approximate surface area is 156 Å². The van der Waals surface area contributed by atoms with Crippen molar-refractivity contribution in [2.45, 2.75) is 43.0 Å². The second kappa shape index (κ2) is 8.72. The molecule has 0 spiro atoms. The van der Waals surface area contributed by atoms with Crippen molar-refractivity contribution in [1.82, 2.24) is 14.9 Å². The molecule has 1 aromatic heterocycles. The minimum atomic E-state index is -3.52. The third-order valence-electron chi connectivity index (χ3n) is 3.80. The molecular weight excluding hydrogens is 396 g/mol. The average molecular weight is 418 g/mol. The Balaban J connectivity index is 0.00000312. The number of alkyl halides is 2. The number of halogens is 3. The Morgan fingerprint density at radius 2 is 2.04 bits per heavy atom. The molecule has 25 heavy (non-hydrogen) atoms. The fourth-order valence-electron chi connectivity index (χ4n) is 2.48. The Bertz CT molecular complexity index is 693. The van der Waals surface area contributed by atoms with E-state index in [0.29, 0.717) is 18.0 Å². The lowest BCUT2D eigenvalue weighted by Crippen LogP contribution is -2.39. The average Bonchev–Trinajstić information content (AvgIpc) is 3.12. The van der Waals surface area contributed by atoms with Gasteiger partial charge in [0.2, 0.25) is 5.91 Å². The molecule has 1 unspecified atom stereocenters. The number of nitrogens with zero attached hydrogens (tertiary/aromatic N) is 1. The van der Waals surface area contributed by atoms with Crippen LogP contribution < -0.4 is 10.6 Å². The molecule has 0 aliphatic carbocycles. The molecule has 1 saturated heterocycles. The summed E-state index contributed by atoms with van der Waals surface area (Å²) in [5.74, 6) is -3.37. The summed E-state index contributed by atoms with van der Waals surface area (Å²) in [6.45, 7) is 3.90. The number of hydrogen-bond acceptors (Lipinski definition) is 5. The summed E-state index contributed by atoms with van der Waals surface area (Å²) in [5.41, 5.74) is 0. The van der Waals surface area contributed by atoms with Crippen molar-refractivity contribution in [1.29, 1.82) is 0 Å². The van der Waals surface area contributed by atoms with Crippen LogP contribution in [0.4, 0.5) is 8.78 Å². The number of hydrogen-bond donors (Lipinski definition) is 2.